The molecule has 2 aromatic rings. The first-order valence-corrected chi connectivity index (χ1v) is 7.48. The molecule has 1 aromatic heterocycles. The van der Waals surface area contributed by atoms with Gasteiger partial charge in [0.1, 0.15) is 0 Å². The minimum Gasteiger partial charge on any atom is -0.465 e. The van der Waals surface area contributed by atoms with Crippen molar-refractivity contribution in [3.63, 3.8) is 0 Å². The topological polar surface area (TPSA) is 51.2 Å². The van der Waals surface area contributed by atoms with Gasteiger partial charge < -0.3 is 10.1 Å². The van der Waals surface area contributed by atoms with Crippen molar-refractivity contribution in [2.45, 2.75) is 6.54 Å². The van der Waals surface area contributed by atoms with Crippen molar-refractivity contribution >= 4 is 50.8 Å². The zero-order valence-corrected chi connectivity index (χ0v) is 14.1. The normalized spacial score (nSPS) is 10.3. The molecule has 4 nitrogen and oxygen atoms in total. The number of methoxy groups -OCH3 is 1. The molecular weight excluding hydrogens is 379 g/mol. The Labute approximate surface area is 140 Å². The van der Waals surface area contributed by atoms with Crippen LogP contribution in [0.4, 0.5) is 5.69 Å². The fraction of sp³-hybridized carbons (Fsp3) is 0.143. The smallest absolute Gasteiger partial charge is 0.339 e. The van der Waals surface area contributed by atoms with Crippen LogP contribution in [0, 0.1) is 0 Å². The van der Waals surface area contributed by atoms with E-state index >= 15 is 0 Å². The minimum absolute atomic E-state index is 0.408. The first-order valence-electron chi connectivity index (χ1n) is 5.93. The van der Waals surface area contributed by atoms with E-state index in [-0.39, 0.29) is 0 Å². The van der Waals surface area contributed by atoms with E-state index in [0.717, 1.165) is 10.2 Å². The molecule has 0 aliphatic rings. The lowest BCUT2D eigenvalue weighted by Crippen LogP contribution is -2.05. The van der Waals surface area contributed by atoms with Crippen LogP contribution >= 0.6 is 39.1 Å². The Balaban J connectivity index is 2.07. The Morgan fingerprint density at radius 1 is 1.29 bits per heavy atom. The van der Waals surface area contributed by atoms with Gasteiger partial charge in [0.15, 0.2) is 0 Å². The number of carbonyl (C=O) groups is 1. The maximum Gasteiger partial charge on any atom is 0.339 e. The minimum atomic E-state index is -0.412. The lowest BCUT2D eigenvalue weighted by molar-refractivity contribution is 0.0600. The van der Waals surface area contributed by atoms with E-state index in [1.807, 2.05) is 12.1 Å². The molecule has 21 heavy (non-hydrogen) atoms. The summed E-state index contributed by atoms with van der Waals surface area (Å²) in [5.74, 6) is -0.412. The third-order valence-corrected chi connectivity index (χ3v) is 4.51. The Morgan fingerprint density at radius 3 is 2.67 bits per heavy atom. The monoisotopic (exact) mass is 388 g/mol. The average Bonchev–Trinajstić information content (AvgIpc) is 2.52. The molecule has 0 saturated heterocycles. The van der Waals surface area contributed by atoms with Gasteiger partial charge in [0, 0.05) is 10.7 Å². The fourth-order valence-corrected chi connectivity index (χ4v) is 2.46. The third kappa shape index (κ3) is 3.87. The van der Waals surface area contributed by atoms with Crippen LogP contribution in [-0.2, 0) is 11.3 Å². The van der Waals surface area contributed by atoms with Crippen LogP contribution in [0.25, 0.3) is 0 Å². The van der Waals surface area contributed by atoms with Gasteiger partial charge in [-0.15, -0.1) is 0 Å². The highest BCUT2D eigenvalue weighted by molar-refractivity contribution is 9.10. The SMILES string of the molecule is COC(=O)c1ccc(CNc2ccc(Br)c(Cl)c2Cl)nc1. The molecular formula is C14H11BrCl2N2O2. The number of esters is 1. The molecule has 1 heterocycles. The predicted octanol–water partition coefficient (Wildman–Crippen LogP) is 4.55. The number of halogens is 3. The van der Waals surface area contributed by atoms with Gasteiger partial charge in [0.2, 0.25) is 0 Å². The van der Waals surface area contributed by atoms with Crippen LogP contribution in [0.1, 0.15) is 16.1 Å². The van der Waals surface area contributed by atoms with Crippen molar-refractivity contribution in [3.05, 3.63) is 56.2 Å². The molecule has 0 fully saturated rings. The third-order valence-electron chi connectivity index (χ3n) is 2.74. The number of nitrogens with one attached hydrogen (secondary N) is 1. The largest absolute Gasteiger partial charge is 0.465 e. The first kappa shape index (κ1) is 16.1. The zero-order chi connectivity index (χ0) is 15.4. The molecule has 0 spiro atoms. The highest BCUT2D eigenvalue weighted by atomic mass is 79.9. The maximum absolute atomic E-state index is 11.3. The van der Waals surface area contributed by atoms with Crippen LogP contribution in [0.15, 0.2) is 34.9 Å². The Bertz CT molecular complexity index is 663. The number of ether oxygens (including phenoxy) is 1. The summed E-state index contributed by atoms with van der Waals surface area (Å²) in [6.45, 7) is 0.457. The summed E-state index contributed by atoms with van der Waals surface area (Å²) >= 11 is 15.5. The zero-order valence-electron chi connectivity index (χ0n) is 11.0. The van der Waals surface area contributed by atoms with E-state index in [1.165, 1.54) is 13.3 Å². The van der Waals surface area contributed by atoms with Crippen molar-refractivity contribution in [2.24, 2.45) is 0 Å². The molecule has 7 heteroatoms. The lowest BCUT2D eigenvalue weighted by Gasteiger charge is -2.10. The molecule has 0 amide bonds. The summed E-state index contributed by atoms with van der Waals surface area (Å²) in [7, 11) is 1.33. The Hall–Kier alpha value is -1.30. The lowest BCUT2D eigenvalue weighted by atomic mass is 10.2. The van der Waals surface area contributed by atoms with Gasteiger partial charge in [-0.3, -0.25) is 4.98 Å². The highest BCUT2D eigenvalue weighted by Crippen LogP contribution is 2.35. The van der Waals surface area contributed by atoms with E-state index in [4.69, 9.17) is 23.2 Å². The number of aromatic nitrogens is 1. The molecule has 0 radical (unpaired) electrons. The van der Waals surface area contributed by atoms with Crippen LogP contribution < -0.4 is 5.32 Å². The molecule has 0 aliphatic carbocycles. The van der Waals surface area contributed by atoms with E-state index < -0.39 is 5.97 Å². The van der Waals surface area contributed by atoms with Crippen molar-refractivity contribution in [3.8, 4) is 0 Å². The number of pyridine rings is 1. The molecule has 0 bridgehead atoms. The van der Waals surface area contributed by atoms with E-state index in [1.54, 1.807) is 12.1 Å². The quantitative estimate of drug-likeness (QED) is 0.615. The summed E-state index contributed by atoms with van der Waals surface area (Å²) in [6, 6.07) is 7.03. The maximum atomic E-state index is 11.3. The van der Waals surface area contributed by atoms with Crippen molar-refractivity contribution in [2.75, 3.05) is 12.4 Å². The molecule has 1 aromatic carbocycles. The number of hydrogen-bond donors (Lipinski definition) is 1. The summed E-state index contributed by atoms with van der Waals surface area (Å²) in [6.07, 6.45) is 1.47. The average molecular weight is 390 g/mol. The number of benzene rings is 1. The molecule has 2 rings (SSSR count). The van der Waals surface area contributed by atoms with E-state index in [2.05, 4.69) is 31.0 Å². The van der Waals surface area contributed by atoms with Gasteiger partial charge in [0.05, 0.1) is 40.6 Å². The molecule has 0 atom stereocenters. The summed E-state index contributed by atoms with van der Waals surface area (Å²) in [5, 5.41) is 4.04. The highest BCUT2D eigenvalue weighted by Gasteiger charge is 2.09. The van der Waals surface area contributed by atoms with Gasteiger partial charge in [-0.05, 0) is 40.2 Å². The number of carbonyl (C=O) groups excluding carboxylic acids is 1. The summed E-state index contributed by atoms with van der Waals surface area (Å²) < 4.78 is 5.35. The van der Waals surface area contributed by atoms with Crippen molar-refractivity contribution in [1.82, 2.24) is 4.98 Å². The molecule has 1 N–H and O–H groups in total. The van der Waals surface area contributed by atoms with Crippen LogP contribution in [0.3, 0.4) is 0 Å². The Morgan fingerprint density at radius 2 is 2.05 bits per heavy atom. The Kier molecular flexibility index (Phi) is 5.45. The fourth-order valence-electron chi connectivity index (χ4n) is 1.62. The number of hydrogen-bond acceptors (Lipinski definition) is 4. The molecule has 0 unspecified atom stereocenters. The van der Waals surface area contributed by atoms with Crippen LogP contribution in [-0.4, -0.2) is 18.1 Å². The second kappa shape index (κ2) is 7.11. The molecule has 110 valence electrons. The van der Waals surface area contributed by atoms with Gasteiger partial charge >= 0.3 is 5.97 Å². The number of anilines is 1. The van der Waals surface area contributed by atoms with E-state index in [0.29, 0.717) is 27.8 Å². The van der Waals surface area contributed by atoms with Gasteiger partial charge in [-0.2, -0.15) is 0 Å². The second-order valence-electron chi connectivity index (χ2n) is 4.11. The number of rotatable bonds is 4. The van der Waals surface area contributed by atoms with E-state index in [9.17, 15) is 4.79 Å². The predicted molar refractivity (Wildman–Crippen MR) is 87.1 cm³/mol. The van der Waals surface area contributed by atoms with Crippen molar-refractivity contribution < 1.29 is 9.53 Å². The first-order chi connectivity index (χ1) is 10.0. The van der Waals surface area contributed by atoms with Gasteiger partial charge in [-0.1, -0.05) is 23.2 Å². The molecule has 0 aliphatic heterocycles. The standard InChI is InChI=1S/C14H11BrCl2N2O2/c1-21-14(20)8-2-3-9(18-6-8)7-19-11-5-4-10(15)12(16)13(11)17/h2-6,19H,7H2,1H3. The van der Waals surface area contributed by atoms with Crippen molar-refractivity contribution in [1.29, 1.82) is 0 Å². The second-order valence-corrected chi connectivity index (χ2v) is 5.72. The van der Waals surface area contributed by atoms with Crippen LogP contribution in [0.2, 0.25) is 10.0 Å². The van der Waals surface area contributed by atoms with Crippen LogP contribution in [0.5, 0.6) is 0 Å². The van der Waals surface area contributed by atoms with Gasteiger partial charge in [0.25, 0.3) is 0 Å². The summed E-state index contributed by atoms with van der Waals surface area (Å²) in [4.78, 5) is 15.5. The van der Waals surface area contributed by atoms with Gasteiger partial charge in [-0.25, -0.2) is 4.79 Å². The molecule has 0 saturated carbocycles. The number of nitrogens with zero attached hydrogens (tertiary/aromatic N) is 1. The summed E-state index contributed by atoms with van der Waals surface area (Å²) in [5.41, 5.74) is 1.88.